The number of nitrogens with zero attached hydrogens (tertiary/aromatic N) is 2. The van der Waals surface area contributed by atoms with Gasteiger partial charge in [-0.05, 0) is 37.8 Å². The zero-order chi connectivity index (χ0) is 16.6. The standard InChI is InChI=1S/C15H21N3O4S/c1-22-15-13(4-3-7-16-15)14(19)17-10-8-11-5-6-12(9-10)18(11)23(2,20)21/h3-4,7,10-12H,5-6,8-9H2,1-2H3,(H,17,19). The molecule has 2 aliphatic rings. The van der Waals surface area contributed by atoms with Gasteiger partial charge in [0, 0.05) is 24.3 Å². The van der Waals surface area contributed by atoms with Crippen LogP contribution in [0, 0.1) is 0 Å². The molecule has 2 unspecified atom stereocenters. The highest BCUT2D eigenvalue weighted by atomic mass is 32.2. The highest BCUT2D eigenvalue weighted by Gasteiger charge is 2.45. The third-order valence-corrected chi connectivity index (χ3v) is 5.96. The van der Waals surface area contributed by atoms with Crippen molar-refractivity contribution in [3.8, 4) is 5.88 Å². The number of piperidine rings is 1. The van der Waals surface area contributed by atoms with Crippen LogP contribution in [-0.2, 0) is 10.0 Å². The average Bonchev–Trinajstić information content (AvgIpc) is 2.79. The van der Waals surface area contributed by atoms with Crippen LogP contribution in [0.5, 0.6) is 5.88 Å². The van der Waals surface area contributed by atoms with Crippen molar-refractivity contribution in [1.29, 1.82) is 0 Å². The van der Waals surface area contributed by atoms with Crippen molar-refractivity contribution in [1.82, 2.24) is 14.6 Å². The maximum Gasteiger partial charge on any atom is 0.256 e. The Morgan fingerprint density at radius 3 is 2.57 bits per heavy atom. The summed E-state index contributed by atoms with van der Waals surface area (Å²) in [6.45, 7) is 0. The first-order valence-electron chi connectivity index (χ1n) is 7.68. The molecule has 2 aliphatic heterocycles. The first kappa shape index (κ1) is 16.2. The van der Waals surface area contributed by atoms with Crippen LogP contribution in [0.4, 0.5) is 0 Å². The van der Waals surface area contributed by atoms with Gasteiger partial charge in [-0.15, -0.1) is 0 Å². The van der Waals surface area contributed by atoms with E-state index in [9.17, 15) is 13.2 Å². The van der Waals surface area contributed by atoms with Gasteiger partial charge in [0.05, 0.1) is 13.4 Å². The molecule has 126 valence electrons. The summed E-state index contributed by atoms with van der Waals surface area (Å²) in [4.78, 5) is 16.5. The maximum absolute atomic E-state index is 12.4. The minimum Gasteiger partial charge on any atom is -0.480 e. The number of aromatic nitrogens is 1. The van der Waals surface area contributed by atoms with E-state index in [4.69, 9.17) is 4.74 Å². The molecule has 1 N–H and O–H groups in total. The van der Waals surface area contributed by atoms with Crippen molar-refractivity contribution < 1.29 is 17.9 Å². The van der Waals surface area contributed by atoms with Crippen molar-refractivity contribution >= 4 is 15.9 Å². The molecule has 3 rings (SSSR count). The molecule has 1 amide bonds. The fourth-order valence-electron chi connectivity index (χ4n) is 3.78. The molecule has 2 bridgehead atoms. The van der Waals surface area contributed by atoms with Gasteiger partial charge in [-0.1, -0.05) is 0 Å². The fourth-order valence-corrected chi connectivity index (χ4v) is 5.25. The monoisotopic (exact) mass is 339 g/mol. The van der Waals surface area contributed by atoms with Gasteiger partial charge in [0.25, 0.3) is 5.91 Å². The molecule has 1 aromatic rings. The number of amides is 1. The van der Waals surface area contributed by atoms with Gasteiger partial charge in [0.15, 0.2) is 0 Å². The van der Waals surface area contributed by atoms with E-state index in [1.54, 1.807) is 22.6 Å². The second-order valence-corrected chi connectivity index (χ2v) is 8.07. The molecular formula is C15H21N3O4S. The number of carbonyl (C=O) groups is 1. The summed E-state index contributed by atoms with van der Waals surface area (Å²) < 4.78 is 30.5. The largest absolute Gasteiger partial charge is 0.480 e. The Kier molecular flexibility index (Phi) is 4.29. The summed E-state index contributed by atoms with van der Waals surface area (Å²) in [6, 6.07) is 3.31. The van der Waals surface area contributed by atoms with E-state index in [1.807, 2.05) is 0 Å². The number of carbonyl (C=O) groups excluding carboxylic acids is 1. The minimum atomic E-state index is -3.19. The molecule has 23 heavy (non-hydrogen) atoms. The van der Waals surface area contributed by atoms with Gasteiger partial charge < -0.3 is 10.1 Å². The number of sulfonamides is 1. The van der Waals surface area contributed by atoms with Gasteiger partial charge in [-0.3, -0.25) is 4.79 Å². The van der Waals surface area contributed by atoms with Gasteiger partial charge in [-0.2, -0.15) is 4.31 Å². The first-order chi connectivity index (χ1) is 10.9. The number of hydrogen-bond donors (Lipinski definition) is 1. The lowest BCUT2D eigenvalue weighted by molar-refractivity contribution is 0.0905. The number of fused-ring (bicyclic) bond motifs is 2. The molecule has 0 aromatic carbocycles. The second kappa shape index (κ2) is 6.09. The number of nitrogens with one attached hydrogen (secondary N) is 1. The van der Waals surface area contributed by atoms with Gasteiger partial charge in [0.2, 0.25) is 15.9 Å². The summed E-state index contributed by atoms with van der Waals surface area (Å²) in [6.07, 6.45) is 5.86. The molecule has 0 aliphatic carbocycles. The summed E-state index contributed by atoms with van der Waals surface area (Å²) >= 11 is 0. The lowest BCUT2D eigenvalue weighted by Crippen LogP contribution is -2.52. The van der Waals surface area contributed by atoms with Crippen LogP contribution < -0.4 is 10.1 Å². The Morgan fingerprint density at radius 2 is 2.00 bits per heavy atom. The van der Waals surface area contributed by atoms with Crippen molar-refractivity contribution in [3.63, 3.8) is 0 Å². The van der Waals surface area contributed by atoms with E-state index < -0.39 is 10.0 Å². The molecule has 0 radical (unpaired) electrons. The topological polar surface area (TPSA) is 88.6 Å². The van der Waals surface area contributed by atoms with E-state index in [-0.39, 0.29) is 24.0 Å². The Morgan fingerprint density at radius 1 is 1.35 bits per heavy atom. The summed E-state index contributed by atoms with van der Waals surface area (Å²) in [5, 5.41) is 3.00. The summed E-state index contributed by atoms with van der Waals surface area (Å²) in [5.41, 5.74) is 0.396. The van der Waals surface area contributed by atoms with Crippen molar-refractivity contribution in [2.45, 2.75) is 43.8 Å². The van der Waals surface area contributed by atoms with Crippen LogP contribution in [0.2, 0.25) is 0 Å². The molecule has 1 aromatic heterocycles. The van der Waals surface area contributed by atoms with E-state index in [0.717, 1.165) is 12.8 Å². The average molecular weight is 339 g/mol. The van der Waals surface area contributed by atoms with Gasteiger partial charge in [-0.25, -0.2) is 13.4 Å². The van der Waals surface area contributed by atoms with E-state index in [2.05, 4.69) is 10.3 Å². The highest BCUT2D eigenvalue weighted by molar-refractivity contribution is 7.88. The number of pyridine rings is 1. The summed E-state index contributed by atoms with van der Waals surface area (Å²) in [7, 11) is -1.71. The number of ether oxygens (including phenoxy) is 1. The lowest BCUT2D eigenvalue weighted by Gasteiger charge is -2.37. The number of hydrogen-bond acceptors (Lipinski definition) is 5. The number of rotatable bonds is 4. The molecule has 2 fully saturated rings. The third kappa shape index (κ3) is 3.18. The molecule has 8 heteroatoms. The van der Waals surface area contributed by atoms with Crippen LogP contribution in [0.3, 0.4) is 0 Å². The van der Waals surface area contributed by atoms with E-state index >= 15 is 0 Å². The third-order valence-electron chi connectivity index (χ3n) is 4.59. The smallest absolute Gasteiger partial charge is 0.256 e. The Balaban J connectivity index is 1.70. The molecule has 2 saturated heterocycles. The van der Waals surface area contributed by atoms with Crippen LogP contribution in [0.1, 0.15) is 36.0 Å². The Hall–Kier alpha value is -1.67. The van der Waals surface area contributed by atoms with Crippen molar-refractivity contribution in [3.05, 3.63) is 23.9 Å². The second-order valence-electron chi connectivity index (χ2n) is 6.18. The molecule has 3 heterocycles. The van der Waals surface area contributed by atoms with Crippen molar-refractivity contribution in [2.75, 3.05) is 13.4 Å². The zero-order valence-electron chi connectivity index (χ0n) is 13.2. The van der Waals surface area contributed by atoms with Gasteiger partial charge >= 0.3 is 0 Å². The first-order valence-corrected chi connectivity index (χ1v) is 9.53. The molecule has 0 saturated carbocycles. The Labute approximate surface area is 136 Å². The predicted molar refractivity (Wildman–Crippen MR) is 84.8 cm³/mol. The van der Waals surface area contributed by atoms with Gasteiger partial charge in [0.1, 0.15) is 5.56 Å². The maximum atomic E-state index is 12.4. The molecule has 2 atom stereocenters. The minimum absolute atomic E-state index is 0.00940. The van der Waals surface area contributed by atoms with Crippen LogP contribution in [0.25, 0.3) is 0 Å². The van der Waals surface area contributed by atoms with Crippen LogP contribution in [-0.4, -0.2) is 55.1 Å². The molecule has 7 nitrogen and oxygen atoms in total. The molecule has 0 spiro atoms. The SMILES string of the molecule is COc1ncccc1C(=O)NC1CC2CCC(C1)N2S(C)(=O)=O. The van der Waals surface area contributed by atoms with Crippen molar-refractivity contribution in [2.24, 2.45) is 0 Å². The normalized spacial score (nSPS) is 27.7. The predicted octanol–water partition coefficient (Wildman–Crippen LogP) is 0.775. The molecular weight excluding hydrogens is 318 g/mol. The highest BCUT2D eigenvalue weighted by Crippen LogP contribution is 2.37. The Bertz CT molecular complexity index is 692. The number of methoxy groups -OCH3 is 1. The lowest BCUT2D eigenvalue weighted by atomic mass is 9.99. The zero-order valence-corrected chi connectivity index (χ0v) is 14.0. The fraction of sp³-hybridized carbons (Fsp3) is 0.600. The van der Waals surface area contributed by atoms with E-state index in [0.29, 0.717) is 24.3 Å². The van der Waals surface area contributed by atoms with Crippen LogP contribution >= 0.6 is 0 Å². The summed E-state index contributed by atoms with van der Waals surface area (Å²) in [5.74, 6) is 0.0636. The quantitative estimate of drug-likeness (QED) is 0.875. The van der Waals surface area contributed by atoms with Crippen LogP contribution in [0.15, 0.2) is 18.3 Å². The van der Waals surface area contributed by atoms with E-state index in [1.165, 1.54) is 13.4 Å².